The average molecular weight is 297 g/mol. The second-order valence-corrected chi connectivity index (χ2v) is 6.98. The van der Waals surface area contributed by atoms with Gasteiger partial charge in [0.2, 0.25) is 0 Å². The molecule has 1 aromatic heterocycles. The van der Waals surface area contributed by atoms with E-state index < -0.39 is 5.60 Å². The maximum Gasteiger partial charge on any atom is 0.0976 e. The lowest BCUT2D eigenvalue weighted by atomic mass is 10.0. The first-order chi connectivity index (χ1) is 9.95. The Labute approximate surface area is 129 Å². The Balaban J connectivity index is 2.00. The minimum absolute atomic E-state index is 0.808. The summed E-state index contributed by atoms with van der Waals surface area (Å²) in [7, 11) is 0. The Bertz CT molecular complexity index is 778. The molecule has 0 spiro atoms. The van der Waals surface area contributed by atoms with Gasteiger partial charge in [0.05, 0.1) is 21.2 Å². The van der Waals surface area contributed by atoms with Crippen molar-refractivity contribution >= 4 is 22.1 Å². The third-order valence-corrected chi connectivity index (χ3v) is 5.09. The maximum atomic E-state index is 10.2. The summed E-state index contributed by atoms with van der Waals surface area (Å²) in [4.78, 5) is 5.59. The molecule has 1 heterocycles. The van der Waals surface area contributed by atoms with Crippen molar-refractivity contribution in [3.05, 3.63) is 63.6 Å². The van der Waals surface area contributed by atoms with Crippen molar-refractivity contribution in [2.75, 3.05) is 0 Å². The summed E-state index contributed by atoms with van der Waals surface area (Å²) in [5, 5.41) is 13.8. The van der Waals surface area contributed by atoms with E-state index in [0.29, 0.717) is 0 Å². The van der Waals surface area contributed by atoms with Crippen molar-refractivity contribution in [3.63, 3.8) is 0 Å². The van der Waals surface area contributed by atoms with Crippen molar-refractivity contribution in [1.82, 2.24) is 4.98 Å². The first-order valence-corrected chi connectivity index (χ1v) is 7.92. The molecule has 0 amide bonds. The molecule has 0 aliphatic heterocycles. The van der Waals surface area contributed by atoms with Crippen LogP contribution in [0.25, 0.3) is 10.8 Å². The van der Waals surface area contributed by atoms with Crippen molar-refractivity contribution in [2.45, 2.75) is 32.8 Å². The van der Waals surface area contributed by atoms with Crippen molar-refractivity contribution in [2.24, 2.45) is 0 Å². The highest BCUT2D eigenvalue weighted by Gasteiger charge is 2.22. The molecule has 3 aromatic rings. The third-order valence-electron chi connectivity index (χ3n) is 3.62. The number of rotatable bonds is 3. The standard InChI is InChI=1S/C18H19NOS/c1-12-17(18(2,3)20)21-16(19-12)11-14-9-6-8-13-7-4-5-10-15(13)14/h4-10,20H,11H2,1-3H3. The van der Waals surface area contributed by atoms with Gasteiger partial charge in [-0.2, -0.15) is 0 Å². The quantitative estimate of drug-likeness (QED) is 0.776. The smallest absolute Gasteiger partial charge is 0.0976 e. The number of aromatic nitrogens is 1. The molecule has 0 saturated heterocycles. The van der Waals surface area contributed by atoms with E-state index in [2.05, 4.69) is 47.4 Å². The fraction of sp³-hybridized carbons (Fsp3) is 0.278. The number of fused-ring (bicyclic) bond motifs is 1. The number of aryl methyl sites for hydroxylation is 1. The van der Waals surface area contributed by atoms with Gasteiger partial charge in [-0.15, -0.1) is 11.3 Å². The van der Waals surface area contributed by atoms with Gasteiger partial charge in [0.25, 0.3) is 0 Å². The number of hydrogen-bond acceptors (Lipinski definition) is 3. The maximum absolute atomic E-state index is 10.2. The van der Waals surface area contributed by atoms with E-state index in [1.807, 2.05) is 20.8 Å². The summed E-state index contributed by atoms with van der Waals surface area (Å²) in [6, 6.07) is 14.8. The minimum Gasteiger partial charge on any atom is -0.385 e. The van der Waals surface area contributed by atoms with Crippen LogP contribution >= 0.6 is 11.3 Å². The van der Waals surface area contributed by atoms with Crippen LogP contribution in [0.5, 0.6) is 0 Å². The number of aliphatic hydroxyl groups is 1. The molecular formula is C18H19NOS. The van der Waals surface area contributed by atoms with Crippen LogP contribution in [-0.2, 0) is 12.0 Å². The summed E-state index contributed by atoms with van der Waals surface area (Å²) >= 11 is 1.61. The average Bonchev–Trinajstić information content (AvgIpc) is 2.80. The highest BCUT2D eigenvalue weighted by Crippen LogP contribution is 2.31. The van der Waals surface area contributed by atoms with E-state index in [-0.39, 0.29) is 0 Å². The predicted molar refractivity (Wildman–Crippen MR) is 88.8 cm³/mol. The van der Waals surface area contributed by atoms with Crippen molar-refractivity contribution in [3.8, 4) is 0 Å². The highest BCUT2D eigenvalue weighted by molar-refractivity contribution is 7.11. The molecule has 0 fully saturated rings. The molecule has 0 saturated carbocycles. The van der Waals surface area contributed by atoms with E-state index in [0.717, 1.165) is 22.0 Å². The molecule has 3 heteroatoms. The predicted octanol–water partition coefficient (Wildman–Crippen LogP) is 4.42. The van der Waals surface area contributed by atoms with Crippen molar-refractivity contribution < 1.29 is 5.11 Å². The van der Waals surface area contributed by atoms with Crippen LogP contribution in [0.3, 0.4) is 0 Å². The van der Waals surface area contributed by atoms with Gasteiger partial charge in [-0.1, -0.05) is 42.5 Å². The summed E-state index contributed by atoms with van der Waals surface area (Å²) in [5.74, 6) is 0. The minimum atomic E-state index is -0.821. The number of thiazole rings is 1. The Kier molecular flexibility index (Phi) is 3.56. The molecule has 2 aromatic carbocycles. The molecule has 0 unspecified atom stereocenters. The van der Waals surface area contributed by atoms with Gasteiger partial charge < -0.3 is 5.11 Å². The third kappa shape index (κ3) is 2.85. The largest absolute Gasteiger partial charge is 0.385 e. The van der Waals surface area contributed by atoms with Crippen molar-refractivity contribution in [1.29, 1.82) is 0 Å². The fourth-order valence-corrected chi connectivity index (χ4v) is 3.79. The molecule has 0 aliphatic rings. The van der Waals surface area contributed by atoms with Crippen LogP contribution in [0.2, 0.25) is 0 Å². The topological polar surface area (TPSA) is 33.1 Å². The van der Waals surface area contributed by atoms with E-state index in [1.54, 1.807) is 11.3 Å². The Morgan fingerprint density at radius 3 is 2.52 bits per heavy atom. The zero-order valence-electron chi connectivity index (χ0n) is 12.6. The van der Waals surface area contributed by atoms with Gasteiger partial charge in [-0.3, -0.25) is 0 Å². The first-order valence-electron chi connectivity index (χ1n) is 7.11. The Morgan fingerprint density at radius 2 is 1.81 bits per heavy atom. The number of hydrogen-bond donors (Lipinski definition) is 1. The zero-order chi connectivity index (χ0) is 15.0. The van der Waals surface area contributed by atoms with Crippen LogP contribution in [-0.4, -0.2) is 10.1 Å². The van der Waals surface area contributed by atoms with Gasteiger partial charge in [-0.25, -0.2) is 4.98 Å². The van der Waals surface area contributed by atoms with Crippen LogP contribution in [0.15, 0.2) is 42.5 Å². The normalized spacial score (nSPS) is 12.0. The molecule has 3 rings (SSSR count). The van der Waals surface area contributed by atoms with Gasteiger partial charge in [0.15, 0.2) is 0 Å². The van der Waals surface area contributed by atoms with E-state index >= 15 is 0 Å². The van der Waals surface area contributed by atoms with Gasteiger partial charge in [-0.05, 0) is 37.1 Å². The summed E-state index contributed by atoms with van der Waals surface area (Å²) in [6.07, 6.45) is 0.808. The highest BCUT2D eigenvalue weighted by atomic mass is 32.1. The molecular weight excluding hydrogens is 278 g/mol. The van der Waals surface area contributed by atoms with E-state index in [4.69, 9.17) is 0 Å². The van der Waals surface area contributed by atoms with Crippen LogP contribution in [0.4, 0.5) is 0 Å². The molecule has 108 valence electrons. The van der Waals surface area contributed by atoms with E-state index in [1.165, 1.54) is 16.3 Å². The monoisotopic (exact) mass is 297 g/mol. The number of benzene rings is 2. The lowest BCUT2D eigenvalue weighted by molar-refractivity contribution is 0.0817. The molecule has 1 N–H and O–H groups in total. The summed E-state index contributed by atoms with van der Waals surface area (Å²) in [5.41, 5.74) is 1.39. The molecule has 2 nitrogen and oxygen atoms in total. The van der Waals surface area contributed by atoms with Gasteiger partial charge in [0, 0.05) is 6.42 Å². The Morgan fingerprint density at radius 1 is 1.10 bits per heavy atom. The lowest BCUT2D eigenvalue weighted by Gasteiger charge is -2.15. The number of nitrogens with zero attached hydrogens (tertiary/aromatic N) is 1. The van der Waals surface area contributed by atoms with Gasteiger partial charge in [0.1, 0.15) is 0 Å². The SMILES string of the molecule is Cc1nc(Cc2cccc3ccccc23)sc1C(C)(C)O. The first kappa shape index (κ1) is 14.2. The summed E-state index contributed by atoms with van der Waals surface area (Å²) in [6.45, 7) is 5.60. The molecule has 0 bridgehead atoms. The molecule has 0 atom stereocenters. The van der Waals surface area contributed by atoms with Crippen LogP contribution < -0.4 is 0 Å². The second-order valence-electron chi connectivity index (χ2n) is 5.90. The summed E-state index contributed by atoms with van der Waals surface area (Å²) < 4.78 is 0. The molecule has 0 aliphatic carbocycles. The fourth-order valence-electron chi connectivity index (χ4n) is 2.71. The zero-order valence-corrected chi connectivity index (χ0v) is 13.4. The van der Waals surface area contributed by atoms with Gasteiger partial charge >= 0.3 is 0 Å². The lowest BCUT2D eigenvalue weighted by Crippen LogP contribution is -2.14. The van der Waals surface area contributed by atoms with Crippen LogP contribution in [0, 0.1) is 6.92 Å². The Hall–Kier alpha value is -1.71. The molecule has 21 heavy (non-hydrogen) atoms. The van der Waals surface area contributed by atoms with Crippen LogP contribution in [0.1, 0.15) is 35.0 Å². The van der Waals surface area contributed by atoms with E-state index in [9.17, 15) is 5.11 Å². The molecule has 0 radical (unpaired) electrons. The second kappa shape index (κ2) is 5.24.